The Hall–Kier alpha value is -3.96. The van der Waals surface area contributed by atoms with Crippen LogP contribution in [0.25, 0.3) is 0 Å². The van der Waals surface area contributed by atoms with Crippen LogP contribution in [0.5, 0.6) is 0 Å². The van der Waals surface area contributed by atoms with Gasteiger partial charge >= 0.3 is 0 Å². The highest BCUT2D eigenvalue weighted by atomic mass is 32.2. The number of carbonyl (C=O) groups is 3. The summed E-state index contributed by atoms with van der Waals surface area (Å²) in [5.74, 6) is -1.54. The van der Waals surface area contributed by atoms with Crippen molar-refractivity contribution in [2.24, 2.45) is 0 Å². The van der Waals surface area contributed by atoms with Crippen molar-refractivity contribution < 1.29 is 33.7 Å². The van der Waals surface area contributed by atoms with E-state index in [1.165, 1.54) is 19.1 Å². The Morgan fingerprint density at radius 1 is 0.679 bits per heavy atom. The molecule has 1 saturated carbocycles. The second-order valence-corrected chi connectivity index (χ2v) is 14.5. The average molecular weight is 740 g/mol. The largest absolute Gasteiger partial charge is 0.382 e. The van der Waals surface area contributed by atoms with Crippen molar-refractivity contribution in [1.29, 1.82) is 0 Å². The van der Waals surface area contributed by atoms with E-state index in [4.69, 9.17) is 14.2 Å². The molecule has 1 aliphatic heterocycles. The Morgan fingerprint density at radius 3 is 1.64 bits per heavy atom. The molecule has 0 radical (unpaired) electrons. The summed E-state index contributed by atoms with van der Waals surface area (Å²) in [6, 6.07) is 35.1. The lowest BCUT2D eigenvalue weighted by atomic mass is 9.79. The van der Waals surface area contributed by atoms with Crippen molar-refractivity contribution >= 4 is 29.1 Å². The molecular formula is C44H53NO7S. The number of nitrogens with zero attached hydrogens (tertiary/aromatic N) is 1. The summed E-state index contributed by atoms with van der Waals surface area (Å²) >= 11 is 1.69. The molecule has 1 heterocycles. The molecule has 8 nitrogen and oxygen atoms in total. The maximum Gasteiger partial charge on any atom is 0.260 e. The number of hydrogen-bond acceptors (Lipinski definition) is 9. The van der Waals surface area contributed by atoms with Gasteiger partial charge in [0, 0.05) is 54.5 Å². The number of benzene rings is 4. The van der Waals surface area contributed by atoms with E-state index in [-0.39, 0.29) is 17.3 Å². The minimum atomic E-state index is -1.40. The molecular weight excluding hydrogens is 687 g/mol. The molecule has 0 unspecified atom stereocenters. The fourth-order valence-corrected chi connectivity index (χ4v) is 7.06. The zero-order chi connectivity index (χ0) is 38.3. The molecule has 1 aliphatic carbocycles. The van der Waals surface area contributed by atoms with Crippen LogP contribution in [0.15, 0.2) is 120 Å². The molecule has 0 aromatic heterocycles. The standard InChI is InChI=1S/C16H16O3.C15H21NO2S.C13H16O2/c1-18-16(19-2,14-11-7-4-8-12-14)15(17)13-9-5-3-6-10-13;1-15(2,16-8-10-18-11-9-16)14(17)12-4-6-13(19-3)7-5-12;14-12(11-7-3-1-4-8-11)13(15)9-5-2-6-10-13/h3-12H,1-2H3;4-7H,8-11H2,1-3H3;1,3-4,7-8,15H,2,5-6,9-10H2. The van der Waals surface area contributed by atoms with E-state index in [0.717, 1.165) is 37.9 Å². The summed E-state index contributed by atoms with van der Waals surface area (Å²) in [7, 11) is 2.94. The van der Waals surface area contributed by atoms with Gasteiger partial charge in [0.05, 0.1) is 18.8 Å². The zero-order valence-electron chi connectivity index (χ0n) is 31.6. The summed E-state index contributed by atoms with van der Waals surface area (Å²) in [5, 5.41) is 10.2. The van der Waals surface area contributed by atoms with Crippen LogP contribution in [0.1, 0.15) is 82.6 Å². The molecule has 2 aliphatic rings. The topological polar surface area (TPSA) is 102 Å². The summed E-state index contributed by atoms with van der Waals surface area (Å²) in [6.07, 6.45) is 6.30. The lowest BCUT2D eigenvalue weighted by molar-refractivity contribution is -0.176. The van der Waals surface area contributed by atoms with Gasteiger partial charge < -0.3 is 19.3 Å². The van der Waals surface area contributed by atoms with E-state index in [1.807, 2.05) is 111 Å². The van der Waals surface area contributed by atoms with E-state index < -0.39 is 16.9 Å². The van der Waals surface area contributed by atoms with Gasteiger partial charge in [0.2, 0.25) is 5.78 Å². The molecule has 4 aromatic carbocycles. The van der Waals surface area contributed by atoms with Gasteiger partial charge in [0.1, 0.15) is 5.60 Å². The normalized spacial score (nSPS) is 15.9. The molecule has 1 saturated heterocycles. The third-order valence-corrected chi connectivity index (χ3v) is 10.7. The van der Waals surface area contributed by atoms with Crippen molar-refractivity contribution in [3.8, 4) is 0 Å². The van der Waals surface area contributed by atoms with Gasteiger partial charge in [0.25, 0.3) is 5.79 Å². The van der Waals surface area contributed by atoms with Gasteiger partial charge in [-0.05, 0) is 45.1 Å². The van der Waals surface area contributed by atoms with Gasteiger partial charge in [-0.15, -0.1) is 11.8 Å². The van der Waals surface area contributed by atoms with Crippen molar-refractivity contribution in [2.75, 3.05) is 46.8 Å². The van der Waals surface area contributed by atoms with Crippen molar-refractivity contribution in [2.45, 2.75) is 67.8 Å². The molecule has 0 atom stereocenters. The molecule has 282 valence electrons. The molecule has 6 rings (SSSR count). The van der Waals surface area contributed by atoms with Crippen LogP contribution in [0.3, 0.4) is 0 Å². The summed E-state index contributed by atoms with van der Waals surface area (Å²) in [4.78, 5) is 40.8. The molecule has 2 fully saturated rings. The van der Waals surface area contributed by atoms with Gasteiger partial charge in [0.15, 0.2) is 11.6 Å². The van der Waals surface area contributed by atoms with Crippen LogP contribution in [-0.4, -0.2) is 85.3 Å². The second-order valence-electron chi connectivity index (χ2n) is 13.6. The molecule has 0 amide bonds. The van der Waals surface area contributed by atoms with Gasteiger partial charge in [-0.25, -0.2) is 0 Å². The van der Waals surface area contributed by atoms with Gasteiger partial charge in [-0.2, -0.15) is 0 Å². The van der Waals surface area contributed by atoms with Gasteiger partial charge in [-0.3, -0.25) is 19.3 Å². The van der Waals surface area contributed by atoms with E-state index in [1.54, 1.807) is 36.0 Å². The Labute approximate surface area is 318 Å². The highest BCUT2D eigenvalue weighted by Crippen LogP contribution is 2.32. The van der Waals surface area contributed by atoms with Crippen LogP contribution < -0.4 is 0 Å². The van der Waals surface area contributed by atoms with E-state index in [9.17, 15) is 19.5 Å². The first-order valence-electron chi connectivity index (χ1n) is 18.1. The lowest BCUT2D eigenvalue weighted by Gasteiger charge is -2.39. The Kier molecular flexibility index (Phi) is 15.7. The first-order valence-corrected chi connectivity index (χ1v) is 19.3. The van der Waals surface area contributed by atoms with Crippen molar-refractivity contribution in [3.05, 3.63) is 138 Å². The maximum atomic E-state index is 12.7. The Balaban J connectivity index is 0.000000179. The maximum absolute atomic E-state index is 12.7. The fraction of sp³-hybridized carbons (Fsp3) is 0.386. The molecule has 0 spiro atoms. The number of hydrogen-bond donors (Lipinski definition) is 1. The quantitative estimate of drug-likeness (QED) is 0.0925. The third kappa shape index (κ3) is 10.6. The number of ketones is 3. The zero-order valence-corrected chi connectivity index (χ0v) is 32.4. The summed E-state index contributed by atoms with van der Waals surface area (Å²) in [5.41, 5.74) is 1.07. The lowest BCUT2D eigenvalue weighted by Crippen LogP contribution is -2.54. The number of thioether (sulfide) groups is 1. The van der Waals surface area contributed by atoms with Crippen molar-refractivity contribution in [3.63, 3.8) is 0 Å². The number of methoxy groups -OCH3 is 2. The third-order valence-electron chi connectivity index (χ3n) is 9.91. The number of rotatable bonds is 11. The minimum absolute atomic E-state index is 0.109. The SMILES string of the molecule is COC(OC)(C(=O)c1ccccc1)c1ccccc1.CSc1ccc(C(=O)C(C)(C)N2CCOCC2)cc1.O=C(c1ccccc1)C1(O)CCCCC1. The summed E-state index contributed by atoms with van der Waals surface area (Å²) in [6.45, 7) is 7.07. The predicted molar refractivity (Wildman–Crippen MR) is 211 cm³/mol. The first-order chi connectivity index (χ1) is 25.5. The molecule has 53 heavy (non-hydrogen) atoms. The molecule has 4 aromatic rings. The smallest absolute Gasteiger partial charge is 0.260 e. The number of ether oxygens (including phenoxy) is 3. The number of morpholine rings is 1. The van der Waals surface area contributed by atoms with Crippen LogP contribution >= 0.6 is 11.8 Å². The Morgan fingerprint density at radius 2 is 1.15 bits per heavy atom. The van der Waals surface area contributed by atoms with Crippen LogP contribution in [0, 0.1) is 0 Å². The van der Waals surface area contributed by atoms with Crippen LogP contribution in [0.2, 0.25) is 0 Å². The highest BCUT2D eigenvalue weighted by molar-refractivity contribution is 7.98. The number of aliphatic hydroxyl groups is 1. The monoisotopic (exact) mass is 739 g/mol. The van der Waals surface area contributed by atoms with Crippen molar-refractivity contribution in [1.82, 2.24) is 4.90 Å². The molecule has 9 heteroatoms. The van der Waals surface area contributed by atoms with Crippen LogP contribution in [0.4, 0.5) is 0 Å². The van der Waals surface area contributed by atoms with Crippen LogP contribution in [-0.2, 0) is 20.0 Å². The average Bonchev–Trinajstić information content (AvgIpc) is 3.23. The van der Waals surface area contributed by atoms with Gasteiger partial charge in [-0.1, -0.05) is 122 Å². The van der Waals surface area contributed by atoms with E-state index in [0.29, 0.717) is 42.7 Å². The summed E-state index contributed by atoms with van der Waals surface area (Å²) < 4.78 is 16.2. The fourth-order valence-electron chi connectivity index (χ4n) is 6.66. The Bertz CT molecular complexity index is 1710. The first kappa shape index (κ1) is 41.8. The second kappa shape index (κ2) is 19.9. The number of Topliss-reactive ketones (excluding diaryl/α,β-unsaturated/α-hetero) is 3. The van der Waals surface area contributed by atoms with E-state index >= 15 is 0 Å². The minimum Gasteiger partial charge on any atom is -0.382 e. The molecule has 1 N–H and O–H groups in total. The van der Waals surface area contributed by atoms with E-state index in [2.05, 4.69) is 4.90 Å². The molecule has 0 bridgehead atoms. The highest BCUT2D eigenvalue weighted by Gasteiger charge is 2.41. The predicted octanol–water partition coefficient (Wildman–Crippen LogP) is 8.28. The number of carbonyl (C=O) groups excluding carboxylic acids is 3.